The lowest BCUT2D eigenvalue weighted by atomic mass is 10.0. The van der Waals surface area contributed by atoms with Gasteiger partial charge in [0.25, 0.3) is 5.91 Å². The summed E-state index contributed by atoms with van der Waals surface area (Å²) in [5, 5.41) is 0. The third kappa shape index (κ3) is 6.01. The molecule has 0 saturated carbocycles. The topological polar surface area (TPSA) is 71.4 Å². The summed E-state index contributed by atoms with van der Waals surface area (Å²) in [4.78, 5) is 34.3. The highest BCUT2D eigenvalue weighted by molar-refractivity contribution is 6.08. The molecular formula is C33H28FN3O4. The van der Waals surface area contributed by atoms with Crippen LogP contribution in [0.4, 0.5) is 9.18 Å². The van der Waals surface area contributed by atoms with Gasteiger partial charge < -0.3 is 14.4 Å². The fourth-order valence-corrected chi connectivity index (χ4v) is 4.64. The fourth-order valence-electron chi connectivity index (χ4n) is 4.64. The second-order valence-electron chi connectivity index (χ2n) is 9.34. The van der Waals surface area contributed by atoms with E-state index in [4.69, 9.17) is 9.47 Å². The van der Waals surface area contributed by atoms with E-state index in [1.807, 2.05) is 91.0 Å². The second-order valence-corrected chi connectivity index (χ2v) is 9.34. The molecule has 1 aliphatic rings. The summed E-state index contributed by atoms with van der Waals surface area (Å²) in [5.41, 5.74) is 2.76. The average Bonchev–Trinajstić information content (AvgIpc) is 3.27. The van der Waals surface area contributed by atoms with E-state index in [1.54, 1.807) is 25.1 Å². The Labute approximate surface area is 237 Å². The molecule has 1 heterocycles. The highest BCUT2D eigenvalue weighted by atomic mass is 19.1. The third-order valence-corrected chi connectivity index (χ3v) is 6.68. The number of likely N-dealkylation sites (N-methyl/N-ethyl adjacent to an activating group) is 1. The zero-order valence-corrected chi connectivity index (χ0v) is 22.6. The van der Waals surface area contributed by atoms with E-state index < -0.39 is 23.9 Å². The zero-order valence-electron chi connectivity index (χ0n) is 22.6. The number of halogens is 1. The first-order valence-corrected chi connectivity index (χ1v) is 13.0. The number of hydrogen-bond donors (Lipinski definition) is 0. The van der Waals surface area contributed by atoms with Crippen molar-refractivity contribution in [3.05, 3.63) is 143 Å². The highest BCUT2D eigenvalue weighted by Crippen LogP contribution is 2.40. The number of benzene rings is 4. The first-order chi connectivity index (χ1) is 20.0. The van der Waals surface area contributed by atoms with Crippen LogP contribution in [0.15, 0.2) is 120 Å². The zero-order chi connectivity index (χ0) is 28.8. The molecule has 4 aromatic rings. The van der Waals surface area contributed by atoms with E-state index in [1.165, 1.54) is 23.1 Å². The Hall–Kier alpha value is -5.24. The summed E-state index contributed by atoms with van der Waals surface area (Å²) in [7, 11) is 3.31. The van der Waals surface area contributed by atoms with Crippen molar-refractivity contribution in [1.29, 1.82) is 0 Å². The smallest absolute Gasteiger partial charge is 0.421 e. The lowest BCUT2D eigenvalue weighted by Crippen LogP contribution is -2.37. The molecule has 41 heavy (non-hydrogen) atoms. The largest absolute Gasteiger partial charge is 0.497 e. The maximum Gasteiger partial charge on any atom is 0.421 e. The second kappa shape index (κ2) is 12.3. The van der Waals surface area contributed by atoms with E-state index in [9.17, 15) is 14.0 Å². The molecule has 1 fully saturated rings. The SMILES string of the molecule is COc1ccc(C2/C(=C/c3ccccc3)N(C(=O)OCc3ccccc3)C(=NC(=O)c3ccccc3F)N2C)cc1. The summed E-state index contributed by atoms with van der Waals surface area (Å²) in [6.07, 6.45) is 1.13. The van der Waals surface area contributed by atoms with Gasteiger partial charge in [-0.2, -0.15) is 4.99 Å². The van der Waals surface area contributed by atoms with Gasteiger partial charge in [0.05, 0.1) is 24.4 Å². The van der Waals surface area contributed by atoms with Gasteiger partial charge in [0.15, 0.2) is 0 Å². The summed E-state index contributed by atoms with van der Waals surface area (Å²) >= 11 is 0. The molecule has 1 saturated heterocycles. The van der Waals surface area contributed by atoms with Gasteiger partial charge in [-0.05, 0) is 47.0 Å². The van der Waals surface area contributed by atoms with Crippen molar-refractivity contribution in [1.82, 2.24) is 9.80 Å². The Morgan fingerprint density at radius 1 is 0.878 bits per heavy atom. The maximum absolute atomic E-state index is 14.5. The molecule has 1 atom stereocenters. The van der Waals surface area contributed by atoms with Gasteiger partial charge in [0, 0.05) is 7.05 Å². The Morgan fingerprint density at radius 2 is 1.51 bits per heavy atom. The Bertz CT molecular complexity index is 1590. The van der Waals surface area contributed by atoms with Crippen LogP contribution in [0.5, 0.6) is 5.75 Å². The van der Waals surface area contributed by atoms with Crippen molar-refractivity contribution >= 4 is 24.0 Å². The van der Waals surface area contributed by atoms with Crippen LogP contribution in [-0.2, 0) is 11.3 Å². The molecule has 2 amide bonds. The molecule has 0 spiro atoms. The van der Waals surface area contributed by atoms with Gasteiger partial charge >= 0.3 is 6.09 Å². The van der Waals surface area contributed by atoms with Gasteiger partial charge in [0.2, 0.25) is 5.96 Å². The third-order valence-electron chi connectivity index (χ3n) is 6.68. The Kier molecular flexibility index (Phi) is 8.20. The molecule has 0 N–H and O–H groups in total. The lowest BCUT2D eigenvalue weighted by Gasteiger charge is -2.21. The summed E-state index contributed by atoms with van der Waals surface area (Å²) in [5.74, 6) is -0.835. The van der Waals surface area contributed by atoms with Crippen molar-refractivity contribution in [2.75, 3.05) is 14.2 Å². The van der Waals surface area contributed by atoms with Gasteiger partial charge in [0.1, 0.15) is 18.2 Å². The molecule has 0 aromatic heterocycles. The number of carbonyl (C=O) groups is 2. The normalized spacial score (nSPS) is 16.7. The monoisotopic (exact) mass is 549 g/mol. The first kappa shape index (κ1) is 27.3. The van der Waals surface area contributed by atoms with Crippen LogP contribution in [0, 0.1) is 5.82 Å². The molecule has 7 nitrogen and oxygen atoms in total. The average molecular weight is 550 g/mol. The molecule has 8 heteroatoms. The van der Waals surface area contributed by atoms with Crippen LogP contribution < -0.4 is 4.74 Å². The summed E-state index contributed by atoms with van der Waals surface area (Å²) < 4.78 is 25.6. The summed E-state index contributed by atoms with van der Waals surface area (Å²) in [6.45, 7) is 0.0141. The van der Waals surface area contributed by atoms with Gasteiger partial charge in [-0.15, -0.1) is 0 Å². The molecule has 4 aromatic carbocycles. The standard InChI is InChI=1S/C33H28FN3O4/c1-36-30(25-17-19-26(40-2)20-18-25)29(21-23-11-5-3-6-12-23)37(33(39)41-22-24-13-7-4-8-14-24)32(36)35-31(38)27-15-9-10-16-28(27)34/h3-21,30H,22H2,1-2H3/b29-21-,35-32?. The number of guanidine groups is 1. The number of carbonyl (C=O) groups excluding carboxylic acids is 2. The number of aliphatic imine (C=N–C) groups is 1. The molecule has 5 rings (SSSR count). The molecule has 206 valence electrons. The van der Waals surface area contributed by atoms with Gasteiger partial charge in [-0.1, -0.05) is 84.9 Å². The van der Waals surface area contributed by atoms with Gasteiger partial charge in [-0.25, -0.2) is 14.1 Å². The van der Waals surface area contributed by atoms with Crippen LogP contribution in [-0.4, -0.2) is 41.9 Å². The van der Waals surface area contributed by atoms with E-state index in [0.717, 1.165) is 16.7 Å². The van der Waals surface area contributed by atoms with Crippen molar-refractivity contribution in [2.45, 2.75) is 12.6 Å². The van der Waals surface area contributed by atoms with Crippen molar-refractivity contribution in [3.63, 3.8) is 0 Å². The minimum absolute atomic E-state index is 0.0133. The van der Waals surface area contributed by atoms with Crippen LogP contribution in [0.25, 0.3) is 6.08 Å². The van der Waals surface area contributed by atoms with Crippen molar-refractivity contribution < 1.29 is 23.5 Å². The Balaban J connectivity index is 1.63. The first-order valence-electron chi connectivity index (χ1n) is 13.0. The van der Waals surface area contributed by atoms with E-state index in [2.05, 4.69) is 4.99 Å². The molecule has 0 aliphatic carbocycles. The van der Waals surface area contributed by atoms with E-state index >= 15 is 0 Å². The summed E-state index contributed by atoms with van der Waals surface area (Å²) in [6, 6.07) is 31.3. The lowest BCUT2D eigenvalue weighted by molar-refractivity contribution is 0.0995. The fraction of sp³-hybridized carbons (Fsp3) is 0.121. The molecule has 0 bridgehead atoms. The van der Waals surface area contributed by atoms with E-state index in [-0.39, 0.29) is 18.1 Å². The predicted octanol–water partition coefficient (Wildman–Crippen LogP) is 6.70. The number of nitrogens with zero attached hydrogens (tertiary/aromatic N) is 3. The minimum atomic E-state index is -0.819. The van der Waals surface area contributed by atoms with Gasteiger partial charge in [-0.3, -0.25) is 4.79 Å². The van der Waals surface area contributed by atoms with Crippen LogP contribution in [0.1, 0.15) is 33.1 Å². The molecule has 1 unspecified atom stereocenters. The number of methoxy groups -OCH3 is 1. The minimum Gasteiger partial charge on any atom is -0.497 e. The highest BCUT2D eigenvalue weighted by Gasteiger charge is 2.44. The van der Waals surface area contributed by atoms with Crippen LogP contribution in [0.2, 0.25) is 0 Å². The number of rotatable bonds is 6. The predicted molar refractivity (Wildman–Crippen MR) is 155 cm³/mol. The molecular weight excluding hydrogens is 521 g/mol. The number of hydrogen-bond acceptors (Lipinski definition) is 4. The quantitative estimate of drug-likeness (QED) is 0.268. The molecule has 1 aliphatic heterocycles. The van der Waals surface area contributed by atoms with Crippen LogP contribution in [0.3, 0.4) is 0 Å². The maximum atomic E-state index is 14.5. The van der Waals surface area contributed by atoms with Crippen molar-refractivity contribution in [2.24, 2.45) is 4.99 Å². The number of ether oxygens (including phenoxy) is 2. The van der Waals surface area contributed by atoms with E-state index in [0.29, 0.717) is 11.4 Å². The number of amides is 2. The van der Waals surface area contributed by atoms with Crippen molar-refractivity contribution in [3.8, 4) is 5.75 Å². The van der Waals surface area contributed by atoms with Crippen LogP contribution >= 0.6 is 0 Å². The molecule has 0 radical (unpaired) electrons. The Morgan fingerprint density at radius 3 is 2.17 bits per heavy atom.